The van der Waals surface area contributed by atoms with E-state index in [1.165, 1.54) is 36.4 Å². The number of likely N-dealkylation sites (tertiary alicyclic amines) is 1. The second-order valence-corrected chi connectivity index (χ2v) is 8.92. The van der Waals surface area contributed by atoms with Crippen LogP contribution in [0, 0.1) is 17.6 Å². The third kappa shape index (κ3) is 6.71. The molecule has 2 aliphatic rings. The van der Waals surface area contributed by atoms with Crippen LogP contribution in [0.5, 0.6) is 0 Å². The molecular weight excluding hydrogens is 431 g/mol. The van der Waals surface area contributed by atoms with E-state index in [2.05, 4.69) is 15.5 Å². The van der Waals surface area contributed by atoms with Gasteiger partial charge in [-0.25, -0.2) is 18.0 Å². The summed E-state index contributed by atoms with van der Waals surface area (Å²) in [6, 6.07) is 10.8. The molecule has 8 heteroatoms. The Morgan fingerprint density at radius 2 is 1.61 bits per heavy atom. The Bertz CT molecular complexity index is 902. The fraction of sp³-hybridized carbons (Fsp3) is 0.480. The standard InChI is InChI=1S/C25H30F3N3O2/c26-19-3-1-17(2-4-19)15-18-9-12-31(13-10-18)16-23-24(22(28)11-14-33-23)30-25(32)29-21-7-5-20(27)6-8-21/h1-8,18,22-24H,9-16H2,(H2,29,30,32). The van der Waals surface area contributed by atoms with Gasteiger partial charge in [-0.15, -0.1) is 0 Å². The van der Waals surface area contributed by atoms with Crippen molar-refractivity contribution in [1.82, 2.24) is 10.2 Å². The second-order valence-electron chi connectivity index (χ2n) is 8.92. The zero-order chi connectivity index (χ0) is 23.2. The Labute approximate surface area is 192 Å². The summed E-state index contributed by atoms with van der Waals surface area (Å²) >= 11 is 0. The molecule has 2 fully saturated rings. The Balaban J connectivity index is 1.27. The largest absolute Gasteiger partial charge is 0.375 e. The molecule has 2 heterocycles. The molecule has 2 saturated heterocycles. The molecule has 0 bridgehead atoms. The zero-order valence-electron chi connectivity index (χ0n) is 18.5. The molecule has 178 valence electrons. The molecule has 2 N–H and O–H groups in total. The number of alkyl halides is 1. The van der Waals surface area contributed by atoms with Gasteiger partial charge in [0.15, 0.2) is 0 Å². The Morgan fingerprint density at radius 3 is 2.27 bits per heavy atom. The molecule has 0 saturated carbocycles. The molecule has 2 aliphatic heterocycles. The van der Waals surface area contributed by atoms with E-state index >= 15 is 0 Å². The van der Waals surface area contributed by atoms with Crippen LogP contribution in [-0.2, 0) is 11.2 Å². The third-order valence-corrected chi connectivity index (χ3v) is 6.50. The summed E-state index contributed by atoms with van der Waals surface area (Å²) < 4.78 is 46.7. The summed E-state index contributed by atoms with van der Waals surface area (Å²) in [5, 5.41) is 5.33. The highest BCUT2D eigenvalue weighted by Crippen LogP contribution is 2.25. The van der Waals surface area contributed by atoms with E-state index in [9.17, 15) is 18.0 Å². The lowest BCUT2D eigenvalue weighted by molar-refractivity contribution is -0.0590. The summed E-state index contributed by atoms with van der Waals surface area (Å²) in [7, 11) is 0. The van der Waals surface area contributed by atoms with Gasteiger partial charge < -0.3 is 20.3 Å². The molecule has 33 heavy (non-hydrogen) atoms. The predicted molar refractivity (Wildman–Crippen MR) is 121 cm³/mol. The lowest BCUT2D eigenvalue weighted by Gasteiger charge is -2.39. The van der Waals surface area contributed by atoms with E-state index in [4.69, 9.17) is 4.74 Å². The van der Waals surface area contributed by atoms with Crippen LogP contribution >= 0.6 is 0 Å². The van der Waals surface area contributed by atoms with Crippen molar-refractivity contribution in [2.45, 2.75) is 44.0 Å². The number of hydrogen-bond acceptors (Lipinski definition) is 3. The number of carbonyl (C=O) groups is 1. The van der Waals surface area contributed by atoms with Gasteiger partial charge in [0.25, 0.3) is 0 Å². The Hall–Kier alpha value is -2.58. The van der Waals surface area contributed by atoms with Crippen molar-refractivity contribution in [3.63, 3.8) is 0 Å². The number of piperidine rings is 1. The molecule has 4 rings (SSSR count). The first-order valence-corrected chi connectivity index (χ1v) is 11.5. The van der Waals surface area contributed by atoms with E-state index in [0.717, 1.165) is 37.9 Å². The number of amides is 2. The quantitative estimate of drug-likeness (QED) is 0.664. The molecule has 0 aromatic heterocycles. The van der Waals surface area contributed by atoms with Crippen molar-refractivity contribution in [2.24, 2.45) is 5.92 Å². The number of benzene rings is 2. The highest BCUT2D eigenvalue weighted by Gasteiger charge is 2.37. The van der Waals surface area contributed by atoms with Gasteiger partial charge in [-0.3, -0.25) is 0 Å². The summed E-state index contributed by atoms with van der Waals surface area (Å²) in [6.45, 7) is 2.62. The van der Waals surface area contributed by atoms with Crippen molar-refractivity contribution in [2.75, 3.05) is 31.6 Å². The summed E-state index contributed by atoms with van der Waals surface area (Å²) in [5.74, 6) is -0.0861. The fourth-order valence-corrected chi connectivity index (χ4v) is 4.63. The number of nitrogens with one attached hydrogen (secondary N) is 2. The molecule has 2 amide bonds. The number of hydrogen-bond donors (Lipinski definition) is 2. The molecule has 0 radical (unpaired) electrons. The van der Waals surface area contributed by atoms with Crippen molar-refractivity contribution in [3.8, 4) is 0 Å². The monoisotopic (exact) mass is 461 g/mol. The first-order valence-electron chi connectivity index (χ1n) is 11.5. The maximum absolute atomic E-state index is 14.7. The number of anilines is 1. The van der Waals surface area contributed by atoms with Gasteiger partial charge in [0.1, 0.15) is 17.8 Å². The lowest BCUT2D eigenvalue weighted by Crippen LogP contribution is -2.58. The van der Waals surface area contributed by atoms with Crippen LogP contribution in [-0.4, -0.2) is 55.5 Å². The predicted octanol–water partition coefficient (Wildman–Crippen LogP) is 4.54. The van der Waals surface area contributed by atoms with Gasteiger partial charge in [-0.2, -0.15) is 0 Å². The van der Waals surface area contributed by atoms with Gasteiger partial charge in [0.05, 0.1) is 12.1 Å². The fourth-order valence-electron chi connectivity index (χ4n) is 4.63. The van der Waals surface area contributed by atoms with Gasteiger partial charge in [-0.05, 0) is 80.2 Å². The SMILES string of the molecule is O=C(Nc1ccc(F)cc1)NC1C(F)CCOC1CN1CCC(Cc2ccc(F)cc2)CC1. The third-order valence-electron chi connectivity index (χ3n) is 6.50. The molecule has 2 aromatic rings. The number of carbonyl (C=O) groups excluding carboxylic acids is 1. The minimum absolute atomic E-state index is 0.221. The van der Waals surface area contributed by atoms with E-state index < -0.39 is 30.2 Å². The second kappa shape index (κ2) is 11.0. The van der Waals surface area contributed by atoms with Crippen LogP contribution in [0.4, 0.5) is 23.7 Å². The van der Waals surface area contributed by atoms with Gasteiger partial charge in [0, 0.05) is 25.3 Å². The molecule has 2 aromatic carbocycles. The molecule has 0 aliphatic carbocycles. The number of urea groups is 1. The lowest BCUT2D eigenvalue weighted by atomic mass is 9.89. The molecule has 3 atom stereocenters. The van der Waals surface area contributed by atoms with Crippen molar-refractivity contribution in [1.29, 1.82) is 0 Å². The van der Waals surface area contributed by atoms with Crippen LogP contribution in [0.2, 0.25) is 0 Å². The average molecular weight is 462 g/mol. The van der Waals surface area contributed by atoms with Crippen molar-refractivity contribution < 1.29 is 22.7 Å². The highest BCUT2D eigenvalue weighted by molar-refractivity contribution is 5.89. The molecular formula is C25H30F3N3O2. The van der Waals surface area contributed by atoms with E-state index in [1.807, 2.05) is 12.1 Å². The molecule has 5 nitrogen and oxygen atoms in total. The smallest absolute Gasteiger partial charge is 0.319 e. The number of halogens is 3. The zero-order valence-corrected chi connectivity index (χ0v) is 18.5. The van der Waals surface area contributed by atoms with Crippen LogP contribution in [0.3, 0.4) is 0 Å². The minimum atomic E-state index is -1.20. The summed E-state index contributed by atoms with van der Waals surface area (Å²) in [5.41, 5.74) is 1.57. The molecule has 0 spiro atoms. The van der Waals surface area contributed by atoms with E-state index in [1.54, 1.807) is 0 Å². The molecule has 3 unspecified atom stereocenters. The van der Waals surface area contributed by atoms with Crippen molar-refractivity contribution in [3.05, 3.63) is 65.7 Å². The van der Waals surface area contributed by atoms with Gasteiger partial charge in [-0.1, -0.05) is 12.1 Å². The maximum atomic E-state index is 14.7. The first kappa shape index (κ1) is 23.6. The summed E-state index contributed by atoms with van der Waals surface area (Å²) in [4.78, 5) is 14.7. The number of ether oxygens (including phenoxy) is 1. The number of nitrogens with zero attached hydrogens (tertiary/aromatic N) is 1. The topological polar surface area (TPSA) is 53.6 Å². The normalized spacial score (nSPS) is 24.4. The van der Waals surface area contributed by atoms with Crippen molar-refractivity contribution >= 4 is 11.7 Å². The Kier molecular flexibility index (Phi) is 7.88. The number of rotatable bonds is 6. The van der Waals surface area contributed by atoms with Crippen LogP contribution in [0.1, 0.15) is 24.8 Å². The first-order chi connectivity index (χ1) is 16.0. The van der Waals surface area contributed by atoms with E-state index in [-0.39, 0.29) is 12.2 Å². The Morgan fingerprint density at radius 1 is 0.970 bits per heavy atom. The summed E-state index contributed by atoms with van der Waals surface area (Å²) in [6.07, 6.45) is 1.53. The maximum Gasteiger partial charge on any atom is 0.319 e. The van der Waals surface area contributed by atoms with Gasteiger partial charge >= 0.3 is 6.03 Å². The van der Waals surface area contributed by atoms with E-state index in [0.29, 0.717) is 24.8 Å². The van der Waals surface area contributed by atoms with Crippen LogP contribution in [0.15, 0.2) is 48.5 Å². The average Bonchev–Trinajstić information content (AvgIpc) is 2.80. The minimum Gasteiger partial charge on any atom is -0.375 e. The highest BCUT2D eigenvalue weighted by atomic mass is 19.1. The van der Waals surface area contributed by atoms with Gasteiger partial charge in [0.2, 0.25) is 0 Å². The van der Waals surface area contributed by atoms with Crippen LogP contribution < -0.4 is 10.6 Å². The van der Waals surface area contributed by atoms with Crippen LogP contribution in [0.25, 0.3) is 0 Å².